The summed E-state index contributed by atoms with van der Waals surface area (Å²) in [7, 11) is 0. The predicted molar refractivity (Wildman–Crippen MR) is 110 cm³/mol. The molecule has 0 saturated heterocycles. The second-order valence-corrected chi connectivity index (χ2v) is 7.79. The summed E-state index contributed by atoms with van der Waals surface area (Å²) in [5, 5.41) is 5.15. The molecule has 0 aliphatic heterocycles. The van der Waals surface area contributed by atoms with Crippen LogP contribution < -0.4 is 0 Å². The van der Waals surface area contributed by atoms with E-state index in [4.69, 9.17) is 6.57 Å². The van der Waals surface area contributed by atoms with Crippen LogP contribution in [0.25, 0.3) is 38.1 Å². The van der Waals surface area contributed by atoms with Crippen LogP contribution in [-0.4, -0.2) is 25.9 Å². The molecular weight excluding hydrogens is 403 g/mol. The van der Waals surface area contributed by atoms with Crippen LogP contribution in [0.2, 0.25) is 0 Å². The third kappa shape index (κ3) is 3.42. The Labute approximate surface area is 176 Å². The zero-order valence-electron chi connectivity index (χ0n) is 16.3. The lowest BCUT2D eigenvalue weighted by atomic mass is 10.0. The average Bonchev–Trinajstić information content (AvgIpc) is 3.43. The number of alkyl halides is 3. The van der Waals surface area contributed by atoms with Crippen molar-refractivity contribution < 1.29 is 13.2 Å². The van der Waals surface area contributed by atoms with Crippen LogP contribution in [0.3, 0.4) is 0 Å². The zero-order valence-corrected chi connectivity index (χ0v) is 16.3. The van der Waals surface area contributed by atoms with E-state index in [1.54, 1.807) is 30.7 Å². The largest absolute Gasteiger partial charge is 0.396 e. The van der Waals surface area contributed by atoms with Gasteiger partial charge in [0.25, 0.3) is 5.82 Å². The van der Waals surface area contributed by atoms with Crippen LogP contribution >= 0.6 is 0 Å². The molecule has 5 nitrogen and oxygen atoms in total. The van der Waals surface area contributed by atoms with Crippen molar-refractivity contribution in [3.05, 3.63) is 72.5 Å². The lowest BCUT2D eigenvalue weighted by molar-refractivity contribution is -0.191. The van der Waals surface area contributed by atoms with Gasteiger partial charge in [0.1, 0.15) is 0 Å². The zero-order chi connectivity index (χ0) is 21.6. The van der Waals surface area contributed by atoms with E-state index in [1.165, 1.54) is 4.68 Å². The maximum Gasteiger partial charge on any atom is 0.396 e. The fourth-order valence-corrected chi connectivity index (χ4v) is 3.76. The van der Waals surface area contributed by atoms with E-state index in [0.29, 0.717) is 16.8 Å². The van der Waals surface area contributed by atoms with Gasteiger partial charge in [-0.3, -0.25) is 9.67 Å². The quantitative estimate of drug-likeness (QED) is 0.378. The Morgan fingerprint density at radius 3 is 2.68 bits per heavy atom. The van der Waals surface area contributed by atoms with Crippen LogP contribution in [0.5, 0.6) is 0 Å². The molecule has 1 fully saturated rings. The summed E-state index contributed by atoms with van der Waals surface area (Å²) in [4.78, 5) is 12.3. The van der Waals surface area contributed by atoms with Crippen molar-refractivity contribution in [2.45, 2.75) is 25.6 Å². The van der Waals surface area contributed by atoms with Crippen molar-refractivity contribution in [1.29, 1.82) is 0 Å². The minimum Gasteiger partial charge on any atom is -0.361 e. The lowest BCUT2D eigenvalue weighted by Gasteiger charge is -2.18. The average molecular weight is 419 g/mol. The molecule has 5 rings (SSSR count). The van der Waals surface area contributed by atoms with Gasteiger partial charge in [0.2, 0.25) is 0 Å². The molecular formula is C23H16F3N5. The first-order valence-electron chi connectivity index (χ1n) is 9.72. The summed E-state index contributed by atoms with van der Waals surface area (Å²) in [6.07, 6.45) is 0.882. The van der Waals surface area contributed by atoms with Gasteiger partial charge >= 0.3 is 6.18 Å². The Balaban J connectivity index is 1.56. The first-order valence-corrected chi connectivity index (χ1v) is 9.72. The standard InChI is InChI=1S/C23H16F3N5/c1-27-20-7-6-18(17-12-29-31(13-17)14-22(8-9-22)23(24,25)26)21(30-20)16-5-4-15-3-2-10-28-19(15)11-16/h2-7,10-13H,8-9,14H2. The smallest absolute Gasteiger partial charge is 0.361 e. The fraction of sp³-hybridized carbons (Fsp3) is 0.217. The molecule has 3 heterocycles. The Hall–Kier alpha value is -3.73. The number of pyridine rings is 2. The molecule has 3 aromatic heterocycles. The molecule has 1 saturated carbocycles. The number of hydrogen-bond donors (Lipinski definition) is 0. The SMILES string of the molecule is [C-]#[N+]c1ccc(-c2cnn(CC3(C(F)(F)F)CC3)c2)c(-c2ccc3cccnc3c2)n1. The van der Waals surface area contributed by atoms with Crippen molar-refractivity contribution in [2.24, 2.45) is 5.41 Å². The summed E-state index contributed by atoms with van der Waals surface area (Å²) >= 11 is 0. The Bertz CT molecular complexity index is 1330. The normalized spacial score (nSPS) is 15.0. The van der Waals surface area contributed by atoms with Crippen LogP contribution in [0.4, 0.5) is 19.0 Å². The van der Waals surface area contributed by atoms with Gasteiger partial charge in [0.15, 0.2) is 5.69 Å². The minimum absolute atomic E-state index is 0.127. The number of rotatable bonds is 4. The molecule has 154 valence electrons. The first kappa shape index (κ1) is 19.2. The third-order valence-corrected chi connectivity index (χ3v) is 5.74. The van der Waals surface area contributed by atoms with Crippen molar-refractivity contribution in [3.8, 4) is 22.4 Å². The van der Waals surface area contributed by atoms with Gasteiger partial charge in [-0.15, -0.1) is 4.98 Å². The predicted octanol–water partition coefficient (Wildman–Crippen LogP) is 6.05. The molecule has 0 atom stereocenters. The topological polar surface area (TPSA) is 48.0 Å². The van der Waals surface area contributed by atoms with Gasteiger partial charge in [0.05, 0.1) is 23.7 Å². The minimum atomic E-state index is -4.23. The van der Waals surface area contributed by atoms with E-state index in [1.807, 2.05) is 30.3 Å². The number of hydrogen-bond acceptors (Lipinski definition) is 3. The third-order valence-electron chi connectivity index (χ3n) is 5.74. The van der Waals surface area contributed by atoms with Crippen molar-refractivity contribution in [3.63, 3.8) is 0 Å². The number of fused-ring (bicyclic) bond motifs is 1. The van der Waals surface area contributed by atoms with Crippen molar-refractivity contribution in [2.75, 3.05) is 0 Å². The highest BCUT2D eigenvalue weighted by molar-refractivity contribution is 5.88. The van der Waals surface area contributed by atoms with Gasteiger partial charge < -0.3 is 4.85 Å². The number of aromatic nitrogens is 4. The van der Waals surface area contributed by atoms with Crippen molar-refractivity contribution in [1.82, 2.24) is 19.7 Å². The van der Waals surface area contributed by atoms with E-state index < -0.39 is 11.6 Å². The summed E-state index contributed by atoms with van der Waals surface area (Å²) in [6, 6.07) is 12.9. The van der Waals surface area contributed by atoms with Gasteiger partial charge in [-0.1, -0.05) is 24.8 Å². The number of halogens is 3. The molecule has 0 unspecified atom stereocenters. The van der Waals surface area contributed by atoms with Crippen LogP contribution in [-0.2, 0) is 6.54 Å². The van der Waals surface area contributed by atoms with Gasteiger partial charge in [-0.2, -0.15) is 18.3 Å². The van der Waals surface area contributed by atoms with E-state index in [-0.39, 0.29) is 25.2 Å². The molecule has 8 heteroatoms. The molecule has 1 aliphatic rings. The van der Waals surface area contributed by atoms with Gasteiger partial charge in [0, 0.05) is 34.5 Å². The monoisotopic (exact) mass is 419 g/mol. The molecule has 1 aliphatic carbocycles. The molecule has 1 aromatic carbocycles. The van der Waals surface area contributed by atoms with E-state index in [0.717, 1.165) is 16.5 Å². The molecule has 4 aromatic rings. The molecule has 0 bridgehead atoms. The van der Waals surface area contributed by atoms with Crippen LogP contribution in [0.1, 0.15) is 12.8 Å². The molecule has 0 spiro atoms. The fourth-order valence-electron chi connectivity index (χ4n) is 3.76. The Kier molecular flexibility index (Phi) is 4.29. The Morgan fingerprint density at radius 1 is 1.10 bits per heavy atom. The number of benzene rings is 1. The highest BCUT2D eigenvalue weighted by Gasteiger charge is 2.63. The first-order chi connectivity index (χ1) is 14.9. The maximum atomic E-state index is 13.3. The summed E-state index contributed by atoms with van der Waals surface area (Å²) in [6.45, 7) is 7.11. The van der Waals surface area contributed by atoms with Crippen LogP contribution in [0, 0.1) is 12.0 Å². The maximum absolute atomic E-state index is 13.3. The number of nitrogens with zero attached hydrogens (tertiary/aromatic N) is 5. The van der Waals surface area contributed by atoms with Gasteiger partial charge in [-0.05, 0) is 37.1 Å². The van der Waals surface area contributed by atoms with Gasteiger partial charge in [-0.25, -0.2) is 0 Å². The molecule has 0 amide bonds. The second-order valence-electron chi connectivity index (χ2n) is 7.79. The molecule has 0 radical (unpaired) electrons. The van der Waals surface area contributed by atoms with E-state index in [2.05, 4.69) is 19.9 Å². The second kappa shape index (κ2) is 6.91. The lowest BCUT2D eigenvalue weighted by Crippen LogP contribution is -2.29. The summed E-state index contributed by atoms with van der Waals surface area (Å²) in [5.41, 5.74) is 1.81. The molecule has 0 N–H and O–H groups in total. The van der Waals surface area contributed by atoms with Crippen molar-refractivity contribution >= 4 is 16.7 Å². The Morgan fingerprint density at radius 2 is 1.94 bits per heavy atom. The van der Waals surface area contributed by atoms with E-state index >= 15 is 0 Å². The highest BCUT2D eigenvalue weighted by atomic mass is 19.4. The summed E-state index contributed by atoms with van der Waals surface area (Å²) in [5.74, 6) is 0.237. The van der Waals surface area contributed by atoms with Crippen LogP contribution in [0.15, 0.2) is 61.1 Å². The highest BCUT2D eigenvalue weighted by Crippen LogP contribution is 2.58. The molecule has 31 heavy (non-hydrogen) atoms. The van der Waals surface area contributed by atoms with E-state index in [9.17, 15) is 13.2 Å². The summed E-state index contributed by atoms with van der Waals surface area (Å²) < 4.78 is 41.3.